The Morgan fingerprint density at radius 2 is 1.52 bits per heavy atom. The van der Waals surface area contributed by atoms with E-state index in [-0.39, 0.29) is 0 Å². The van der Waals surface area contributed by atoms with Gasteiger partial charge < -0.3 is 15.2 Å². The minimum Gasteiger partial charge on any atom is -0.493 e. The van der Waals surface area contributed by atoms with Gasteiger partial charge in [0.05, 0.1) is 13.2 Å². The van der Waals surface area contributed by atoms with E-state index >= 15 is 0 Å². The largest absolute Gasteiger partial charge is 0.493 e. The third-order valence-corrected chi connectivity index (χ3v) is 3.39. The molecule has 0 bridgehead atoms. The molecule has 0 atom stereocenters. The van der Waals surface area contributed by atoms with Crippen LogP contribution in [0.25, 0.3) is 0 Å². The average molecular weight is 285 g/mol. The highest BCUT2D eigenvalue weighted by Gasteiger charge is 2.03. The van der Waals surface area contributed by atoms with Crippen molar-refractivity contribution in [1.82, 2.24) is 0 Å². The molecule has 0 spiro atoms. The van der Waals surface area contributed by atoms with Crippen LogP contribution in [-0.2, 0) is 6.54 Å². The number of hydrogen-bond donors (Lipinski definition) is 1. The molecular weight excluding hydrogens is 262 g/mol. The van der Waals surface area contributed by atoms with E-state index in [1.54, 1.807) is 0 Å². The lowest BCUT2D eigenvalue weighted by Gasteiger charge is -2.13. The first-order valence-electron chi connectivity index (χ1n) is 7.32. The van der Waals surface area contributed by atoms with Crippen molar-refractivity contribution in [2.75, 3.05) is 13.2 Å². The quantitative estimate of drug-likeness (QED) is 0.790. The van der Waals surface area contributed by atoms with Crippen LogP contribution in [0.4, 0.5) is 0 Å². The molecule has 0 fully saturated rings. The van der Waals surface area contributed by atoms with Crippen molar-refractivity contribution in [3.8, 4) is 11.5 Å². The van der Waals surface area contributed by atoms with E-state index < -0.39 is 0 Å². The van der Waals surface area contributed by atoms with Crippen LogP contribution in [0.3, 0.4) is 0 Å². The minimum absolute atomic E-state index is 0.495. The zero-order chi connectivity index (χ0) is 15.1. The molecule has 0 aliphatic rings. The second-order valence-corrected chi connectivity index (χ2v) is 5.08. The summed E-state index contributed by atoms with van der Waals surface area (Å²) in [6, 6.07) is 14.1. The van der Waals surface area contributed by atoms with Crippen molar-refractivity contribution in [2.45, 2.75) is 26.8 Å². The van der Waals surface area contributed by atoms with Crippen LogP contribution < -0.4 is 15.2 Å². The van der Waals surface area contributed by atoms with Crippen molar-refractivity contribution in [2.24, 2.45) is 5.73 Å². The molecule has 2 N–H and O–H groups in total. The Kier molecular flexibility index (Phi) is 5.64. The maximum absolute atomic E-state index is 5.86. The predicted octanol–water partition coefficient (Wildman–Crippen LogP) is 3.61. The first kappa shape index (κ1) is 15.4. The molecular formula is C18H23NO2. The number of aryl methyl sites for hydroxylation is 2. The van der Waals surface area contributed by atoms with Gasteiger partial charge in [0.25, 0.3) is 0 Å². The fraction of sp³-hybridized carbons (Fsp3) is 0.333. The van der Waals surface area contributed by atoms with E-state index in [0.29, 0.717) is 19.8 Å². The number of rotatable bonds is 7. The van der Waals surface area contributed by atoms with Gasteiger partial charge in [-0.1, -0.05) is 36.4 Å². The molecule has 0 saturated heterocycles. The van der Waals surface area contributed by atoms with E-state index in [4.69, 9.17) is 15.2 Å². The Hall–Kier alpha value is -2.00. The third-order valence-electron chi connectivity index (χ3n) is 3.39. The number of hydrogen-bond acceptors (Lipinski definition) is 3. The summed E-state index contributed by atoms with van der Waals surface area (Å²) in [5.74, 6) is 1.85. The lowest BCUT2D eigenvalue weighted by molar-refractivity contribution is 0.244. The van der Waals surface area contributed by atoms with Crippen LogP contribution in [0.1, 0.15) is 23.1 Å². The van der Waals surface area contributed by atoms with E-state index in [9.17, 15) is 0 Å². The van der Waals surface area contributed by atoms with Gasteiger partial charge >= 0.3 is 0 Å². The van der Waals surface area contributed by atoms with E-state index in [0.717, 1.165) is 23.5 Å². The molecule has 21 heavy (non-hydrogen) atoms. The standard InChI is InChI=1S/C18H23NO2/c1-14-7-5-8-15(2)18(14)21-12-6-11-20-17-10-4-3-9-16(17)13-19/h3-5,7-10H,6,11-13,19H2,1-2H3. The molecule has 0 radical (unpaired) electrons. The second-order valence-electron chi connectivity index (χ2n) is 5.08. The fourth-order valence-corrected chi connectivity index (χ4v) is 2.26. The van der Waals surface area contributed by atoms with Crippen LogP contribution >= 0.6 is 0 Å². The van der Waals surface area contributed by atoms with Crippen molar-refractivity contribution < 1.29 is 9.47 Å². The van der Waals surface area contributed by atoms with Crippen molar-refractivity contribution in [1.29, 1.82) is 0 Å². The molecule has 0 saturated carbocycles. The van der Waals surface area contributed by atoms with Gasteiger partial charge in [-0.3, -0.25) is 0 Å². The summed E-state index contributed by atoms with van der Waals surface area (Å²) < 4.78 is 11.6. The molecule has 3 heteroatoms. The molecule has 0 aromatic heterocycles. The normalized spacial score (nSPS) is 10.4. The van der Waals surface area contributed by atoms with Gasteiger partial charge in [0, 0.05) is 18.5 Å². The summed E-state index contributed by atoms with van der Waals surface area (Å²) in [5, 5.41) is 0. The monoisotopic (exact) mass is 285 g/mol. The van der Waals surface area contributed by atoms with E-state index in [1.165, 1.54) is 11.1 Å². The Bertz CT molecular complexity index is 561. The van der Waals surface area contributed by atoms with Gasteiger partial charge in [-0.25, -0.2) is 0 Å². The molecule has 2 rings (SSSR count). The topological polar surface area (TPSA) is 44.5 Å². The third kappa shape index (κ3) is 4.23. The van der Waals surface area contributed by atoms with Gasteiger partial charge in [0.15, 0.2) is 0 Å². The zero-order valence-electron chi connectivity index (χ0n) is 12.8. The first-order chi connectivity index (χ1) is 10.2. The maximum atomic E-state index is 5.86. The van der Waals surface area contributed by atoms with Crippen LogP contribution in [0, 0.1) is 13.8 Å². The molecule has 2 aromatic rings. The van der Waals surface area contributed by atoms with E-state index in [1.807, 2.05) is 30.3 Å². The maximum Gasteiger partial charge on any atom is 0.125 e. The summed E-state index contributed by atoms with van der Waals surface area (Å²) in [5.41, 5.74) is 9.06. The van der Waals surface area contributed by atoms with Crippen molar-refractivity contribution in [3.63, 3.8) is 0 Å². The van der Waals surface area contributed by atoms with Gasteiger partial charge in [-0.15, -0.1) is 0 Å². The lowest BCUT2D eigenvalue weighted by atomic mass is 10.1. The van der Waals surface area contributed by atoms with Gasteiger partial charge in [0.2, 0.25) is 0 Å². The highest BCUT2D eigenvalue weighted by molar-refractivity contribution is 5.39. The summed E-state index contributed by atoms with van der Waals surface area (Å²) in [4.78, 5) is 0. The highest BCUT2D eigenvalue weighted by Crippen LogP contribution is 2.22. The Morgan fingerprint density at radius 3 is 2.24 bits per heavy atom. The van der Waals surface area contributed by atoms with Crippen LogP contribution in [0.2, 0.25) is 0 Å². The van der Waals surface area contributed by atoms with Crippen LogP contribution in [0.5, 0.6) is 11.5 Å². The number of para-hydroxylation sites is 2. The predicted molar refractivity (Wildman–Crippen MR) is 85.9 cm³/mol. The lowest BCUT2D eigenvalue weighted by Crippen LogP contribution is -2.08. The van der Waals surface area contributed by atoms with Crippen LogP contribution in [0.15, 0.2) is 42.5 Å². The zero-order valence-corrected chi connectivity index (χ0v) is 12.8. The average Bonchev–Trinajstić information content (AvgIpc) is 2.50. The number of ether oxygens (including phenoxy) is 2. The molecule has 3 nitrogen and oxygen atoms in total. The van der Waals surface area contributed by atoms with Crippen molar-refractivity contribution in [3.05, 3.63) is 59.2 Å². The van der Waals surface area contributed by atoms with Gasteiger partial charge in [-0.2, -0.15) is 0 Å². The molecule has 0 heterocycles. The number of benzene rings is 2. The Balaban J connectivity index is 1.78. The SMILES string of the molecule is Cc1cccc(C)c1OCCCOc1ccccc1CN. The highest BCUT2D eigenvalue weighted by atomic mass is 16.5. The fourth-order valence-electron chi connectivity index (χ4n) is 2.26. The molecule has 0 amide bonds. The van der Waals surface area contributed by atoms with Crippen LogP contribution in [-0.4, -0.2) is 13.2 Å². The Labute approximate surface area is 126 Å². The summed E-state index contributed by atoms with van der Waals surface area (Å²) in [6.45, 7) is 5.90. The summed E-state index contributed by atoms with van der Waals surface area (Å²) in [7, 11) is 0. The first-order valence-corrected chi connectivity index (χ1v) is 7.32. The molecule has 0 aliphatic carbocycles. The molecule has 2 aromatic carbocycles. The van der Waals surface area contributed by atoms with E-state index in [2.05, 4.69) is 26.0 Å². The minimum atomic E-state index is 0.495. The smallest absolute Gasteiger partial charge is 0.125 e. The molecule has 112 valence electrons. The van der Waals surface area contributed by atoms with Gasteiger partial charge in [0.1, 0.15) is 11.5 Å². The van der Waals surface area contributed by atoms with Crippen molar-refractivity contribution >= 4 is 0 Å². The summed E-state index contributed by atoms with van der Waals surface area (Å²) >= 11 is 0. The molecule has 0 unspecified atom stereocenters. The Morgan fingerprint density at radius 1 is 0.857 bits per heavy atom. The molecule has 0 aliphatic heterocycles. The second kappa shape index (κ2) is 7.70. The summed E-state index contributed by atoms with van der Waals surface area (Å²) in [6.07, 6.45) is 0.840. The number of nitrogens with two attached hydrogens (primary N) is 1. The van der Waals surface area contributed by atoms with Gasteiger partial charge in [-0.05, 0) is 31.0 Å².